The Morgan fingerprint density at radius 2 is 1.50 bits per heavy atom. The van der Waals surface area contributed by atoms with Gasteiger partial charge in [-0.1, -0.05) is 74.4 Å². The molecule has 1 rings (SSSR count). The fourth-order valence-electron chi connectivity index (χ4n) is 2.89. The van der Waals surface area contributed by atoms with E-state index in [1.807, 2.05) is 0 Å². The smallest absolute Gasteiger partial charge is 0.250 e. The lowest BCUT2D eigenvalue weighted by Crippen LogP contribution is -2.43. The van der Waals surface area contributed by atoms with Crippen molar-refractivity contribution in [2.24, 2.45) is 10.8 Å². The molecule has 0 atom stereocenters. The van der Waals surface area contributed by atoms with Crippen LogP contribution in [0.15, 0.2) is 29.8 Å². The average molecular weight is 405 g/mol. The molecule has 0 aromatic heterocycles. The van der Waals surface area contributed by atoms with E-state index < -0.39 is 8.32 Å². The van der Waals surface area contributed by atoms with Crippen molar-refractivity contribution in [2.45, 2.75) is 93.3 Å². The van der Waals surface area contributed by atoms with Crippen LogP contribution in [0.3, 0.4) is 0 Å². The van der Waals surface area contributed by atoms with Crippen LogP contribution in [0.5, 0.6) is 5.75 Å². The SMILES string of the molecule is COC(=C(CCC(C)(C)C)C(C)(C)C)c1cccc(O[Si](C)(C)C(C)(C)C)c1. The van der Waals surface area contributed by atoms with Crippen LogP contribution < -0.4 is 4.43 Å². The molecule has 0 fully saturated rings. The van der Waals surface area contributed by atoms with Crippen molar-refractivity contribution < 1.29 is 9.16 Å². The molecule has 0 heterocycles. The van der Waals surface area contributed by atoms with Crippen molar-refractivity contribution >= 4 is 14.1 Å². The molecule has 28 heavy (non-hydrogen) atoms. The zero-order chi connectivity index (χ0) is 22.0. The Bertz CT molecular complexity index is 680. The summed E-state index contributed by atoms with van der Waals surface area (Å²) < 4.78 is 12.5. The van der Waals surface area contributed by atoms with E-state index in [0.29, 0.717) is 5.41 Å². The third-order valence-electron chi connectivity index (χ3n) is 5.78. The molecule has 0 saturated carbocycles. The maximum absolute atomic E-state index is 6.54. The van der Waals surface area contributed by atoms with Crippen LogP contribution in [-0.4, -0.2) is 15.4 Å². The highest BCUT2D eigenvalue weighted by atomic mass is 28.4. The first-order valence-corrected chi connectivity index (χ1v) is 13.5. The molecule has 0 N–H and O–H groups in total. The van der Waals surface area contributed by atoms with E-state index in [0.717, 1.165) is 29.9 Å². The van der Waals surface area contributed by atoms with Gasteiger partial charge in [0.15, 0.2) is 0 Å². The van der Waals surface area contributed by atoms with Crippen LogP contribution in [0.4, 0.5) is 0 Å². The number of methoxy groups -OCH3 is 1. The molecule has 1 aromatic rings. The monoisotopic (exact) mass is 404 g/mol. The van der Waals surface area contributed by atoms with Gasteiger partial charge in [-0.05, 0) is 59.5 Å². The van der Waals surface area contributed by atoms with Gasteiger partial charge in [-0.15, -0.1) is 0 Å². The fraction of sp³-hybridized carbons (Fsp3) is 0.680. The molecule has 0 amide bonds. The lowest BCUT2D eigenvalue weighted by molar-refractivity contribution is 0.330. The summed E-state index contributed by atoms with van der Waals surface area (Å²) in [5.74, 6) is 1.94. The number of ether oxygens (including phenoxy) is 1. The van der Waals surface area contributed by atoms with Crippen molar-refractivity contribution in [3.8, 4) is 5.75 Å². The summed E-state index contributed by atoms with van der Waals surface area (Å²) in [6, 6.07) is 8.45. The van der Waals surface area contributed by atoms with Crippen molar-refractivity contribution in [3.63, 3.8) is 0 Å². The van der Waals surface area contributed by atoms with E-state index in [1.165, 1.54) is 5.57 Å². The van der Waals surface area contributed by atoms with Gasteiger partial charge in [-0.2, -0.15) is 0 Å². The van der Waals surface area contributed by atoms with E-state index in [9.17, 15) is 0 Å². The zero-order valence-electron chi connectivity index (χ0n) is 20.5. The summed E-state index contributed by atoms with van der Waals surface area (Å²) in [6.07, 6.45) is 2.16. The van der Waals surface area contributed by atoms with E-state index in [4.69, 9.17) is 9.16 Å². The van der Waals surface area contributed by atoms with Crippen LogP contribution in [0, 0.1) is 10.8 Å². The predicted molar refractivity (Wildman–Crippen MR) is 126 cm³/mol. The second-order valence-electron chi connectivity index (χ2n) is 11.7. The molecule has 0 aliphatic rings. The van der Waals surface area contributed by atoms with Crippen LogP contribution in [0.1, 0.15) is 80.7 Å². The molecular weight excluding hydrogens is 360 g/mol. The largest absolute Gasteiger partial charge is 0.543 e. The molecule has 0 aliphatic carbocycles. The topological polar surface area (TPSA) is 18.5 Å². The first-order valence-electron chi connectivity index (χ1n) is 10.5. The number of hydrogen-bond acceptors (Lipinski definition) is 2. The van der Waals surface area contributed by atoms with Crippen LogP contribution in [0.25, 0.3) is 5.76 Å². The lowest BCUT2D eigenvalue weighted by Gasteiger charge is -2.36. The first kappa shape index (κ1) is 24.8. The fourth-order valence-corrected chi connectivity index (χ4v) is 3.92. The summed E-state index contributed by atoms with van der Waals surface area (Å²) in [5, 5.41) is 0.173. The molecule has 2 nitrogen and oxygen atoms in total. The van der Waals surface area contributed by atoms with Crippen molar-refractivity contribution in [2.75, 3.05) is 7.11 Å². The van der Waals surface area contributed by atoms with Gasteiger partial charge in [-0.25, -0.2) is 0 Å². The van der Waals surface area contributed by atoms with Crippen molar-refractivity contribution in [1.82, 2.24) is 0 Å². The van der Waals surface area contributed by atoms with Gasteiger partial charge in [0.05, 0.1) is 7.11 Å². The van der Waals surface area contributed by atoms with Gasteiger partial charge in [0.1, 0.15) is 11.5 Å². The highest BCUT2D eigenvalue weighted by Gasteiger charge is 2.39. The Kier molecular flexibility index (Phi) is 7.66. The minimum Gasteiger partial charge on any atom is -0.543 e. The van der Waals surface area contributed by atoms with Crippen LogP contribution in [0.2, 0.25) is 18.1 Å². The molecule has 3 heteroatoms. The maximum atomic E-state index is 6.54. The van der Waals surface area contributed by atoms with Gasteiger partial charge in [0.25, 0.3) is 0 Å². The average Bonchev–Trinajstić information content (AvgIpc) is 2.47. The molecule has 0 saturated heterocycles. The molecule has 0 unspecified atom stereocenters. The predicted octanol–water partition coefficient (Wildman–Crippen LogP) is 8.30. The Morgan fingerprint density at radius 1 is 0.929 bits per heavy atom. The molecule has 160 valence electrons. The maximum Gasteiger partial charge on any atom is 0.250 e. The van der Waals surface area contributed by atoms with Gasteiger partial charge in [0, 0.05) is 5.56 Å². The molecular formula is C25H44O2Si. The van der Waals surface area contributed by atoms with Crippen LogP contribution >= 0.6 is 0 Å². The third-order valence-corrected chi connectivity index (χ3v) is 10.1. The molecule has 0 radical (unpaired) electrons. The van der Waals surface area contributed by atoms with E-state index in [-0.39, 0.29) is 10.5 Å². The van der Waals surface area contributed by atoms with Gasteiger partial charge >= 0.3 is 0 Å². The summed E-state index contributed by atoms with van der Waals surface area (Å²) >= 11 is 0. The number of rotatable bonds is 6. The zero-order valence-corrected chi connectivity index (χ0v) is 21.5. The molecule has 0 aliphatic heterocycles. The third kappa shape index (κ3) is 6.99. The molecule has 1 aromatic carbocycles. The standard InChI is InChI=1S/C25H44O2Si/c1-23(2,3)17-16-21(24(4,5)6)22(26-10)19-14-13-15-20(18-19)27-28(11,12)25(7,8)9/h13-15,18H,16-17H2,1-12H3. The second-order valence-corrected chi connectivity index (χ2v) is 16.4. The Hall–Kier alpha value is -1.22. The molecule has 0 bridgehead atoms. The quantitative estimate of drug-likeness (QED) is 0.350. The summed E-state index contributed by atoms with van der Waals surface area (Å²) in [5.41, 5.74) is 2.82. The van der Waals surface area contributed by atoms with E-state index in [2.05, 4.69) is 99.7 Å². The summed E-state index contributed by atoms with van der Waals surface area (Å²) in [7, 11) is -0.0832. The Balaban J connectivity index is 3.37. The minimum atomic E-state index is -1.87. The van der Waals surface area contributed by atoms with Crippen molar-refractivity contribution in [3.05, 3.63) is 35.4 Å². The van der Waals surface area contributed by atoms with Crippen LogP contribution in [-0.2, 0) is 4.74 Å². The van der Waals surface area contributed by atoms with Gasteiger partial charge < -0.3 is 9.16 Å². The lowest BCUT2D eigenvalue weighted by atomic mass is 9.78. The normalized spacial score (nSPS) is 14.6. The summed E-state index contributed by atoms with van der Waals surface area (Å²) in [4.78, 5) is 0. The van der Waals surface area contributed by atoms with Gasteiger partial charge in [-0.3, -0.25) is 0 Å². The highest BCUT2D eigenvalue weighted by molar-refractivity contribution is 6.74. The number of allylic oxidation sites excluding steroid dienone is 1. The van der Waals surface area contributed by atoms with E-state index >= 15 is 0 Å². The molecule has 0 spiro atoms. The second kappa shape index (κ2) is 8.65. The Labute approximate surface area is 175 Å². The number of hydrogen-bond donors (Lipinski definition) is 0. The minimum absolute atomic E-state index is 0.0485. The first-order chi connectivity index (χ1) is 12.5. The summed E-state index contributed by atoms with van der Waals surface area (Å²) in [6.45, 7) is 25.1. The Morgan fingerprint density at radius 3 is 1.93 bits per heavy atom. The van der Waals surface area contributed by atoms with Gasteiger partial charge in [0.2, 0.25) is 8.32 Å². The highest BCUT2D eigenvalue weighted by Crippen LogP contribution is 2.40. The number of benzene rings is 1. The van der Waals surface area contributed by atoms with E-state index in [1.54, 1.807) is 7.11 Å². The van der Waals surface area contributed by atoms with Crippen molar-refractivity contribution in [1.29, 1.82) is 0 Å².